The minimum absolute atomic E-state index is 0.0648. The van der Waals surface area contributed by atoms with Crippen molar-refractivity contribution in [3.63, 3.8) is 0 Å². The predicted octanol–water partition coefficient (Wildman–Crippen LogP) is 3.56. The first-order chi connectivity index (χ1) is 10.7. The topological polar surface area (TPSA) is 60.3 Å². The normalized spacial score (nSPS) is 10.7. The number of methoxy groups -OCH3 is 2. The molecule has 0 aliphatic rings. The SMILES string of the molecule is CCOc1cccc(C=Nc2cc(OC)ccc2OC)c1O. The summed E-state index contributed by atoms with van der Waals surface area (Å²) in [6.45, 7) is 2.35. The average Bonchev–Trinajstić information content (AvgIpc) is 2.55. The van der Waals surface area contributed by atoms with Crippen molar-refractivity contribution in [2.75, 3.05) is 20.8 Å². The van der Waals surface area contributed by atoms with Gasteiger partial charge in [0.1, 0.15) is 17.2 Å². The summed E-state index contributed by atoms with van der Waals surface area (Å²) in [7, 11) is 3.17. The third-order valence-corrected chi connectivity index (χ3v) is 3.06. The zero-order valence-electron chi connectivity index (χ0n) is 12.9. The molecule has 22 heavy (non-hydrogen) atoms. The van der Waals surface area contributed by atoms with Crippen LogP contribution in [-0.4, -0.2) is 32.1 Å². The van der Waals surface area contributed by atoms with Crippen molar-refractivity contribution in [1.82, 2.24) is 0 Å². The summed E-state index contributed by atoms with van der Waals surface area (Å²) in [5.74, 6) is 1.80. The van der Waals surface area contributed by atoms with Crippen LogP contribution in [0.1, 0.15) is 12.5 Å². The largest absolute Gasteiger partial charge is 0.504 e. The fourth-order valence-electron chi connectivity index (χ4n) is 1.95. The maximum atomic E-state index is 10.2. The number of ether oxygens (including phenoxy) is 3. The quantitative estimate of drug-likeness (QED) is 0.829. The van der Waals surface area contributed by atoms with Gasteiger partial charge in [0.25, 0.3) is 0 Å². The lowest BCUT2D eigenvalue weighted by Gasteiger charge is -2.08. The number of rotatable bonds is 6. The number of nitrogens with zero attached hydrogens (tertiary/aromatic N) is 1. The summed E-state index contributed by atoms with van der Waals surface area (Å²) in [6, 6.07) is 10.6. The van der Waals surface area contributed by atoms with Crippen LogP contribution in [0.5, 0.6) is 23.0 Å². The molecule has 116 valence electrons. The first-order valence-corrected chi connectivity index (χ1v) is 6.90. The van der Waals surface area contributed by atoms with Crippen molar-refractivity contribution < 1.29 is 19.3 Å². The number of hydrogen-bond donors (Lipinski definition) is 1. The number of benzene rings is 2. The molecule has 0 aliphatic carbocycles. The Bertz CT molecular complexity index is 668. The molecule has 0 spiro atoms. The van der Waals surface area contributed by atoms with Crippen molar-refractivity contribution in [2.45, 2.75) is 6.92 Å². The van der Waals surface area contributed by atoms with Crippen LogP contribution in [0.2, 0.25) is 0 Å². The van der Waals surface area contributed by atoms with Gasteiger partial charge in [-0.15, -0.1) is 0 Å². The van der Waals surface area contributed by atoms with E-state index in [0.717, 1.165) is 0 Å². The Morgan fingerprint density at radius 1 is 1.09 bits per heavy atom. The molecule has 0 heterocycles. The number of aliphatic imine (C=N–C) groups is 1. The fraction of sp³-hybridized carbons (Fsp3) is 0.235. The first-order valence-electron chi connectivity index (χ1n) is 6.90. The Kier molecular flexibility index (Phi) is 5.25. The summed E-state index contributed by atoms with van der Waals surface area (Å²) >= 11 is 0. The second kappa shape index (κ2) is 7.36. The van der Waals surface area contributed by atoms with Crippen molar-refractivity contribution in [2.24, 2.45) is 4.99 Å². The zero-order valence-corrected chi connectivity index (χ0v) is 12.9. The predicted molar refractivity (Wildman–Crippen MR) is 86.1 cm³/mol. The van der Waals surface area contributed by atoms with Crippen LogP contribution < -0.4 is 14.2 Å². The molecule has 5 nitrogen and oxygen atoms in total. The van der Waals surface area contributed by atoms with E-state index < -0.39 is 0 Å². The van der Waals surface area contributed by atoms with Gasteiger partial charge in [-0.3, -0.25) is 4.99 Å². The maximum Gasteiger partial charge on any atom is 0.166 e. The van der Waals surface area contributed by atoms with E-state index in [-0.39, 0.29) is 5.75 Å². The van der Waals surface area contributed by atoms with Crippen LogP contribution in [-0.2, 0) is 0 Å². The zero-order chi connectivity index (χ0) is 15.9. The number of hydrogen-bond acceptors (Lipinski definition) is 5. The van der Waals surface area contributed by atoms with Crippen LogP contribution in [0.4, 0.5) is 5.69 Å². The minimum atomic E-state index is 0.0648. The molecule has 2 rings (SSSR count). The summed E-state index contributed by atoms with van der Waals surface area (Å²) in [4.78, 5) is 4.37. The Balaban J connectivity index is 2.34. The molecule has 0 radical (unpaired) electrons. The molecule has 0 amide bonds. The van der Waals surface area contributed by atoms with E-state index in [1.54, 1.807) is 56.8 Å². The lowest BCUT2D eigenvalue weighted by Crippen LogP contribution is -1.93. The van der Waals surface area contributed by atoms with Crippen LogP contribution in [0.25, 0.3) is 0 Å². The molecule has 0 aliphatic heterocycles. The standard InChI is InChI=1S/C17H19NO4/c1-4-22-16-7-5-6-12(17(16)19)11-18-14-10-13(20-2)8-9-15(14)21-3/h5-11,19H,4H2,1-3H3. The van der Waals surface area contributed by atoms with E-state index in [1.165, 1.54) is 0 Å². The van der Waals surface area contributed by atoms with Gasteiger partial charge in [-0.05, 0) is 31.2 Å². The molecule has 0 atom stereocenters. The molecule has 2 aromatic rings. The maximum absolute atomic E-state index is 10.2. The van der Waals surface area contributed by atoms with E-state index in [2.05, 4.69) is 4.99 Å². The molecular weight excluding hydrogens is 282 g/mol. The van der Waals surface area contributed by atoms with Gasteiger partial charge in [-0.1, -0.05) is 6.07 Å². The summed E-state index contributed by atoms with van der Waals surface area (Å²) < 4.78 is 15.8. The van der Waals surface area contributed by atoms with E-state index >= 15 is 0 Å². The number of para-hydroxylation sites is 1. The lowest BCUT2D eigenvalue weighted by atomic mass is 10.2. The lowest BCUT2D eigenvalue weighted by molar-refractivity contribution is 0.318. The van der Waals surface area contributed by atoms with Crippen LogP contribution in [0.3, 0.4) is 0 Å². The molecule has 0 aromatic heterocycles. The van der Waals surface area contributed by atoms with E-state index in [4.69, 9.17) is 14.2 Å². The monoisotopic (exact) mass is 301 g/mol. The third-order valence-electron chi connectivity index (χ3n) is 3.06. The summed E-state index contributed by atoms with van der Waals surface area (Å²) in [6.07, 6.45) is 1.56. The second-order valence-corrected chi connectivity index (χ2v) is 4.42. The first kappa shape index (κ1) is 15.7. The fourth-order valence-corrected chi connectivity index (χ4v) is 1.95. The van der Waals surface area contributed by atoms with Crippen molar-refractivity contribution in [1.29, 1.82) is 0 Å². The van der Waals surface area contributed by atoms with Crippen molar-refractivity contribution >= 4 is 11.9 Å². The van der Waals surface area contributed by atoms with Gasteiger partial charge in [-0.25, -0.2) is 0 Å². The van der Waals surface area contributed by atoms with Crippen LogP contribution in [0.15, 0.2) is 41.4 Å². The Morgan fingerprint density at radius 2 is 1.91 bits per heavy atom. The Hall–Kier alpha value is -2.69. The van der Waals surface area contributed by atoms with Gasteiger partial charge >= 0.3 is 0 Å². The molecule has 1 N–H and O–H groups in total. The van der Waals surface area contributed by atoms with Crippen molar-refractivity contribution in [3.05, 3.63) is 42.0 Å². The van der Waals surface area contributed by atoms with E-state index in [0.29, 0.717) is 35.1 Å². The molecule has 0 unspecified atom stereocenters. The molecule has 0 fully saturated rings. The smallest absolute Gasteiger partial charge is 0.166 e. The van der Waals surface area contributed by atoms with Crippen molar-refractivity contribution in [3.8, 4) is 23.0 Å². The molecular formula is C17H19NO4. The van der Waals surface area contributed by atoms with Crippen LogP contribution in [0, 0.1) is 0 Å². The van der Waals surface area contributed by atoms with Gasteiger partial charge in [-0.2, -0.15) is 0 Å². The second-order valence-electron chi connectivity index (χ2n) is 4.42. The highest BCUT2D eigenvalue weighted by atomic mass is 16.5. The number of phenols is 1. The summed E-state index contributed by atoms with van der Waals surface area (Å²) in [5, 5.41) is 10.2. The molecule has 2 aromatic carbocycles. The number of aromatic hydroxyl groups is 1. The highest BCUT2D eigenvalue weighted by Gasteiger charge is 2.07. The third kappa shape index (κ3) is 3.49. The van der Waals surface area contributed by atoms with Gasteiger partial charge in [0.15, 0.2) is 11.5 Å². The van der Waals surface area contributed by atoms with Gasteiger partial charge in [0.05, 0.1) is 20.8 Å². The highest BCUT2D eigenvalue weighted by Crippen LogP contribution is 2.33. The molecule has 0 saturated carbocycles. The van der Waals surface area contributed by atoms with Gasteiger partial charge in [0.2, 0.25) is 0 Å². The van der Waals surface area contributed by atoms with Gasteiger partial charge in [0, 0.05) is 17.8 Å². The van der Waals surface area contributed by atoms with Gasteiger partial charge < -0.3 is 19.3 Å². The Morgan fingerprint density at radius 3 is 2.59 bits per heavy atom. The summed E-state index contributed by atoms with van der Waals surface area (Å²) in [5.41, 5.74) is 1.18. The average molecular weight is 301 g/mol. The number of phenolic OH excluding ortho intramolecular Hbond substituents is 1. The molecule has 0 bridgehead atoms. The molecule has 0 saturated heterocycles. The van der Waals surface area contributed by atoms with Crippen LogP contribution >= 0.6 is 0 Å². The van der Waals surface area contributed by atoms with E-state index in [9.17, 15) is 5.11 Å². The highest BCUT2D eigenvalue weighted by molar-refractivity contribution is 5.87. The Labute approximate surface area is 129 Å². The van der Waals surface area contributed by atoms with E-state index in [1.807, 2.05) is 6.92 Å². The molecule has 5 heteroatoms. The minimum Gasteiger partial charge on any atom is -0.504 e.